The molecule has 23 heavy (non-hydrogen) atoms. The van der Waals surface area contributed by atoms with E-state index in [1.54, 1.807) is 0 Å². The standard InChI is InChI=1S/C19H31N3O/c1-14-5-6-18(17(11-14)13-22(3)4)21-19(23)12-15(2)16-7-9-20-10-8-16/h5-6,11,15-16,20H,7-10,12-13H2,1-4H3,(H,21,23). The van der Waals surface area contributed by atoms with Crippen LogP contribution in [0.4, 0.5) is 5.69 Å². The number of hydrogen-bond donors (Lipinski definition) is 2. The lowest BCUT2D eigenvalue weighted by Gasteiger charge is -2.28. The van der Waals surface area contributed by atoms with Crippen molar-refractivity contribution < 1.29 is 4.79 Å². The predicted molar refractivity (Wildman–Crippen MR) is 96.6 cm³/mol. The monoisotopic (exact) mass is 317 g/mol. The average molecular weight is 317 g/mol. The van der Waals surface area contributed by atoms with E-state index in [1.165, 1.54) is 24.0 Å². The summed E-state index contributed by atoms with van der Waals surface area (Å²) < 4.78 is 0. The number of piperidine rings is 1. The summed E-state index contributed by atoms with van der Waals surface area (Å²) in [7, 11) is 4.10. The topological polar surface area (TPSA) is 44.4 Å². The lowest BCUT2D eigenvalue weighted by molar-refractivity contribution is -0.117. The number of carbonyl (C=O) groups is 1. The van der Waals surface area contributed by atoms with Gasteiger partial charge in [-0.25, -0.2) is 0 Å². The highest BCUT2D eigenvalue weighted by molar-refractivity contribution is 5.91. The molecule has 2 rings (SSSR count). The second-order valence-electron chi connectivity index (χ2n) is 7.22. The number of aryl methyl sites for hydroxylation is 1. The van der Waals surface area contributed by atoms with Crippen molar-refractivity contribution in [2.75, 3.05) is 32.5 Å². The lowest BCUT2D eigenvalue weighted by Crippen LogP contribution is -2.32. The first-order chi connectivity index (χ1) is 11.0. The highest BCUT2D eigenvalue weighted by Crippen LogP contribution is 2.25. The third-order valence-corrected chi connectivity index (χ3v) is 4.72. The molecule has 0 bridgehead atoms. The van der Waals surface area contributed by atoms with Crippen LogP contribution in [0.25, 0.3) is 0 Å². The van der Waals surface area contributed by atoms with E-state index in [0.29, 0.717) is 18.3 Å². The SMILES string of the molecule is Cc1ccc(NC(=O)CC(C)C2CCNCC2)c(CN(C)C)c1. The Morgan fingerprint density at radius 1 is 1.35 bits per heavy atom. The van der Waals surface area contributed by atoms with Crippen molar-refractivity contribution in [1.82, 2.24) is 10.2 Å². The highest BCUT2D eigenvalue weighted by Gasteiger charge is 2.22. The van der Waals surface area contributed by atoms with E-state index in [1.807, 2.05) is 20.2 Å². The Labute approximate surface area is 140 Å². The van der Waals surface area contributed by atoms with Gasteiger partial charge in [-0.3, -0.25) is 4.79 Å². The van der Waals surface area contributed by atoms with E-state index in [0.717, 1.165) is 25.3 Å². The fourth-order valence-electron chi connectivity index (χ4n) is 3.39. The van der Waals surface area contributed by atoms with Crippen molar-refractivity contribution in [3.8, 4) is 0 Å². The molecule has 0 saturated carbocycles. The molecule has 0 radical (unpaired) electrons. The van der Waals surface area contributed by atoms with Crippen LogP contribution < -0.4 is 10.6 Å². The number of carbonyl (C=O) groups excluding carboxylic acids is 1. The van der Waals surface area contributed by atoms with Crippen molar-refractivity contribution in [1.29, 1.82) is 0 Å². The van der Waals surface area contributed by atoms with Crippen molar-refractivity contribution in [3.63, 3.8) is 0 Å². The number of amides is 1. The van der Waals surface area contributed by atoms with Gasteiger partial charge >= 0.3 is 0 Å². The maximum absolute atomic E-state index is 12.4. The van der Waals surface area contributed by atoms with Gasteiger partial charge in [-0.15, -0.1) is 0 Å². The van der Waals surface area contributed by atoms with Crippen LogP contribution in [0.3, 0.4) is 0 Å². The summed E-state index contributed by atoms with van der Waals surface area (Å²) in [5, 5.41) is 6.52. The number of nitrogens with zero attached hydrogens (tertiary/aromatic N) is 1. The Balaban J connectivity index is 1.96. The second kappa shape index (κ2) is 8.46. The van der Waals surface area contributed by atoms with E-state index < -0.39 is 0 Å². The smallest absolute Gasteiger partial charge is 0.224 e. The van der Waals surface area contributed by atoms with E-state index in [-0.39, 0.29) is 5.91 Å². The molecule has 1 aromatic carbocycles. The van der Waals surface area contributed by atoms with Crippen LogP contribution in [-0.2, 0) is 11.3 Å². The molecular weight excluding hydrogens is 286 g/mol. The van der Waals surface area contributed by atoms with Crippen LogP contribution in [0.2, 0.25) is 0 Å². The first-order valence-electron chi connectivity index (χ1n) is 8.70. The van der Waals surface area contributed by atoms with Crippen LogP contribution in [0.5, 0.6) is 0 Å². The molecule has 1 unspecified atom stereocenters. The molecule has 1 aliphatic heterocycles. The molecule has 0 aliphatic carbocycles. The maximum Gasteiger partial charge on any atom is 0.224 e. The van der Waals surface area contributed by atoms with Gasteiger partial charge in [0.2, 0.25) is 5.91 Å². The summed E-state index contributed by atoms with van der Waals surface area (Å²) in [5.41, 5.74) is 3.35. The molecule has 1 fully saturated rings. The number of rotatable bonds is 6. The number of hydrogen-bond acceptors (Lipinski definition) is 3. The molecule has 2 N–H and O–H groups in total. The molecule has 1 saturated heterocycles. The minimum absolute atomic E-state index is 0.139. The quantitative estimate of drug-likeness (QED) is 0.848. The molecule has 0 spiro atoms. The van der Waals surface area contributed by atoms with Gasteiger partial charge in [0.25, 0.3) is 0 Å². The Hall–Kier alpha value is -1.39. The molecular formula is C19H31N3O. The number of anilines is 1. The fourth-order valence-corrected chi connectivity index (χ4v) is 3.39. The van der Waals surface area contributed by atoms with Crippen molar-refractivity contribution in [2.45, 2.75) is 39.7 Å². The Kier molecular flexibility index (Phi) is 6.60. The van der Waals surface area contributed by atoms with Gasteiger partial charge in [0, 0.05) is 18.7 Å². The second-order valence-corrected chi connectivity index (χ2v) is 7.22. The van der Waals surface area contributed by atoms with Gasteiger partial charge in [-0.2, -0.15) is 0 Å². The third-order valence-electron chi connectivity index (χ3n) is 4.72. The minimum Gasteiger partial charge on any atom is -0.326 e. The molecule has 1 aromatic rings. The molecule has 1 amide bonds. The molecule has 0 aromatic heterocycles. The third kappa shape index (κ3) is 5.63. The minimum atomic E-state index is 0.139. The molecule has 1 heterocycles. The Morgan fingerprint density at radius 2 is 2.04 bits per heavy atom. The van der Waals surface area contributed by atoms with Crippen LogP contribution in [-0.4, -0.2) is 38.0 Å². The van der Waals surface area contributed by atoms with Crippen LogP contribution in [0.15, 0.2) is 18.2 Å². The summed E-state index contributed by atoms with van der Waals surface area (Å²) in [6.07, 6.45) is 2.98. The van der Waals surface area contributed by atoms with Crippen molar-refractivity contribution >= 4 is 11.6 Å². The van der Waals surface area contributed by atoms with Gasteiger partial charge < -0.3 is 15.5 Å². The van der Waals surface area contributed by atoms with Gasteiger partial charge in [0.15, 0.2) is 0 Å². The molecule has 4 heteroatoms. The summed E-state index contributed by atoms with van der Waals surface area (Å²) in [4.78, 5) is 14.6. The maximum atomic E-state index is 12.4. The normalized spacial score (nSPS) is 17.3. The number of nitrogens with one attached hydrogen (secondary N) is 2. The van der Waals surface area contributed by atoms with E-state index in [4.69, 9.17) is 0 Å². The molecule has 1 aliphatic rings. The Morgan fingerprint density at radius 3 is 2.70 bits per heavy atom. The van der Waals surface area contributed by atoms with Gasteiger partial charge in [0.05, 0.1) is 0 Å². The van der Waals surface area contributed by atoms with Gasteiger partial charge in [-0.1, -0.05) is 24.6 Å². The van der Waals surface area contributed by atoms with E-state index in [2.05, 4.69) is 41.5 Å². The zero-order valence-corrected chi connectivity index (χ0v) is 15.0. The van der Waals surface area contributed by atoms with Crippen LogP contribution in [0, 0.1) is 18.8 Å². The van der Waals surface area contributed by atoms with Gasteiger partial charge in [0.1, 0.15) is 0 Å². The zero-order valence-electron chi connectivity index (χ0n) is 15.0. The molecule has 1 atom stereocenters. The summed E-state index contributed by atoms with van der Waals surface area (Å²) in [6, 6.07) is 6.25. The predicted octanol–water partition coefficient (Wildman–Crippen LogP) is 3.02. The van der Waals surface area contributed by atoms with Crippen molar-refractivity contribution in [2.24, 2.45) is 11.8 Å². The largest absolute Gasteiger partial charge is 0.326 e. The molecule has 128 valence electrons. The fraction of sp³-hybridized carbons (Fsp3) is 0.632. The first-order valence-corrected chi connectivity index (χ1v) is 8.70. The summed E-state index contributed by atoms with van der Waals surface area (Å²) in [6.45, 7) is 7.31. The number of benzene rings is 1. The summed E-state index contributed by atoms with van der Waals surface area (Å²) in [5.74, 6) is 1.25. The summed E-state index contributed by atoms with van der Waals surface area (Å²) >= 11 is 0. The average Bonchev–Trinajstić information content (AvgIpc) is 2.50. The highest BCUT2D eigenvalue weighted by atomic mass is 16.1. The van der Waals surface area contributed by atoms with Gasteiger partial charge in [-0.05, 0) is 70.4 Å². The van der Waals surface area contributed by atoms with Crippen LogP contribution in [0.1, 0.15) is 37.3 Å². The first kappa shape index (κ1) is 18.0. The lowest BCUT2D eigenvalue weighted by atomic mass is 9.84. The van der Waals surface area contributed by atoms with Crippen molar-refractivity contribution in [3.05, 3.63) is 29.3 Å². The zero-order chi connectivity index (χ0) is 16.8. The Bertz CT molecular complexity index is 521. The van der Waals surface area contributed by atoms with E-state index >= 15 is 0 Å². The van der Waals surface area contributed by atoms with Crippen LogP contribution >= 0.6 is 0 Å². The molecule has 4 nitrogen and oxygen atoms in total. The van der Waals surface area contributed by atoms with E-state index in [9.17, 15) is 4.79 Å².